The lowest BCUT2D eigenvalue weighted by Crippen LogP contribution is -2.31. The lowest BCUT2D eigenvalue weighted by Gasteiger charge is -2.19. The van der Waals surface area contributed by atoms with E-state index in [2.05, 4.69) is 0 Å². The third-order valence-corrected chi connectivity index (χ3v) is 4.17. The van der Waals surface area contributed by atoms with Crippen LogP contribution in [0.3, 0.4) is 0 Å². The van der Waals surface area contributed by atoms with Crippen LogP contribution in [-0.4, -0.2) is 42.1 Å². The molecule has 1 N–H and O–H groups in total. The number of methoxy groups -OCH3 is 1. The number of carbonyl (C=O) groups is 2. The van der Waals surface area contributed by atoms with Crippen molar-refractivity contribution in [3.63, 3.8) is 0 Å². The molecule has 2 atom stereocenters. The smallest absolute Gasteiger partial charge is 0.308 e. The molecule has 1 aliphatic rings. The zero-order valence-electron chi connectivity index (χ0n) is 13.1. The Labute approximate surface area is 130 Å². The summed E-state index contributed by atoms with van der Waals surface area (Å²) in [7, 11) is 1.64. The molecule has 1 aliphatic heterocycles. The quantitative estimate of drug-likeness (QED) is 0.875. The van der Waals surface area contributed by atoms with Gasteiger partial charge in [-0.15, -0.1) is 0 Å². The van der Waals surface area contributed by atoms with Crippen molar-refractivity contribution in [3.05, 3.63) is 29.8 Å². The maximum Gasteiger partial charge on any atom is 0.308 e. The van der Waals surface area contributed by atoms with Gasteiger partial charge in [-0.25, -0.2) is 0 Å². The van der Waals surface area contributed by atoms with Crippen LogP contribution in [0.1, 0.15) is 25.3 Å². The molecule has 0 unspecified atom stereocenters. The van der Waals surface area contributed by atoms with Crippen molar-refractivity contribution in [1.29, 1.82) is 0 Å². The number of para-hydroxylation sites is 1. The molecule has 5 heteroatoms. The van der Waals surface area contributed by atoms with Gasteiger partial charge in [-0.2, -0.15) is 0 Å². The van der Waals surface area contributed by atoms with Gasteiger partial charge >= 0.3 is 5.97 Å². The molecular weight excluding hydrogens is 282 g/mol. The highest BCUT2D eigenvalue weighted by Gasteiger charge is 2.31. The average Bonchev–Trinajstić information content (AvgIpc) is 2.98. The molecule has 0 bridgehead atoms. The van der Waals surface area contributed by atoms with E-state index in [1.165, 1.54) is 0 Å². The van der Waals surface area contributed by atoms with Gasteiger partial charge in [-0.1, -0.05) is 25.1 Å². The lowest BCUT2D eigenvalue weighted by atomic mass is 9.97. The second kappa shape index (κ2) is 7.29. The van der Waals surface area contributed by atoms with Gasteiger partial charge < -0.3 is 14.7 Å². The highest BCUT2D eigenvalue weighted by molar-refractivity contribution is 5.79. The first-order valence-corrected chi connectivity index (χ1v) is 7.63. The normalized spacial score (nSPS) is 19.0. The number of carboxylic acid groups (broad SMARTS) is 1. The minimum atomic E-state index is -0.808. The number of hydrogen-bond donors (Lipinski definition) is 1. The summed E-state index contributed by atoms with van der Waals surface area (Å²) in [5.41, 5.74) is 1.09. The van der Waals surface area contributed by atoms with E-state index in [1.807, 2.05) is 31.2 Å². The molecule has 1 aromatic rings. The summed E-state index contributed by atoms with van der Waals surface area (Å²) >= 11 is 0. The summed E-state index contributed by atoms with van der Waals surface area (Å²) in [5, 5.41) is 9.00. The number of likely N-dealkylation sites (tertiary alicyclic amines) is 1. The predicted octanol–water partition coefficient (Wildman–Crippen LogP) is 2.20. The van der Waals surface area contributed by atoms with Gasteiger partial charge in [-0.3, -0.25) is 9.59 Å². The number of ether oxygens (including phenoxy) is 1. The van der Waals surface area contributed by atoms with Crippen LogP contribution in [0.25, 0.3) is 0 Å². The van der Waals surface area contributed by atoms with Crippen molar-refractivity contribution in [2.75, 3.05) is 20.2 Å². The Bertz CT molecular complexity index is 543. The Morgan fingerprint density at radius 3 is 2.77 bits per heavy atom. The molecule has 1 fully saturated rings. The molecule has 0 saturated carbocycles. The van der Waals surface area contributed by atoms with E-state index in [1.54, 1.807) is 12.0 Å². The number of carboxylic acids is 1. The number of amides is 1. The fourth-order valence-electron chi connectivity index (χ4n) is 2.93. The molecule has 0 radical (unpaired) electrons. The molecule has 1 heterocycles. The van der Waals surface area contributed by atoms with Gasteiger partial charge in [0.1, 0.15) is 5.75 Å². The summed E-state index contributed by atoms with van der Waals surface area (Å²) in [4.78, 5) is 24.9. The molecule has 120 valence electrons. The van der Waals surface area contributed by atoms with Crippen LogP contribution < -0.4 is 4.74 Å². The minimum Gasteiger partial charge on any atom is -0.496 e. The van der Waals surface area contributed by atoms with Crippen LogP contribution in [0, 0.1) is 11.8 Å². The number of carbonyl (C=O) groups excluding carboxylic acids is 1. The Kier molecular flexibility index (Phi) is 5.41. The Balaban J connectivity index is 1.88. The highest BCUT2D eigenvalue weighted by atomic mass is 16.5. The van der Waals surface area contributed by atoms with E-state index in [-0.39, 0.29) is 11.8 Å². The molecule has 0 aliphatic carbocycles. The van der Waals surface area contributed by atoms with E-state index >= 15 is 0 Å². The topological polar surface area (TPSA) is 66.8 Å². The van der Waals surface area contributed by atoms with Crippen LogP contribution in [0.4, 0.5) is 0 Å². The largest absolute Gasteiger partial charge is 0.496 e. The Morgan fingerprint density at radius 2 is 2.14 bits per heavy atom. The number of rotatable bonds is 6. The van der Waals surface area contributed by atoms with Gasteiger partial charge in [-0.05, 0) is 30.4 Å². The Hall–Kier alpha value is -2.04. The summed E-state index contributed by atoms with van der Waals surface area (Å²) < 4.78 is 5.33. The fraction of sp³-hybridized carbons (Fsp3) is 0.529. The van der Waals surface area contributed by atoms with Crippen LogP contribution in [0.15, 0.2) is 24.3 Å². The average molecular weight is 305 g/mol. The monoisotopic (exact) mass is 305 g/mol. The van der Waals surface area contributed by atoms with Gasteiger partial charge in [0.05, 0.1) is 13.0 Å². The van der Waals surface area contributed by atoms with Crippen LogP contribution in [0.2, 0.25) is 0 Å². The molecule has 1 aromatic carbocycles. The zero-order valence-corrected chi connectivity index (χ0v) is 13.1. The van der Waals surface area contributed by atoms with E-state index in [4.69, 9.17) is 9.84 Å². The second-order valence-corrected chi connectivity index (χ2v) is 5.99. The number of aliphatic carboxylic acids is 1. The van der Waals surface area contributed by atoms with E-state index in [9.17, 15) is 9.59 Å². The number of benzene rings is 1. The first-order valence-electron chi connectivity index (χ1n) is 7.63. The number of nitrogens with zero attached hydrogens (tertiary/aromatic N) is 1. The summed E-state index contributed by atoms with van der Waals surface area (Å²) in [6.45, 7) is 2.93. The molecule has 0 spiro atoms. The van der Waals surface area contributed by atoms with Crippen molar-refractivity contribution in [1.82, 2.24) is 4.90 Å². The predicted molar refractivity (Wildman–Crippen MR) is 82.8 cm³/mol. The van der Waals surface area contributed by atoms with Gasteiger partial charge in [0, 0.05) is 19.5 Å². The molecule has 5 nitrogen and oxygen atoms in total. The third-order valence-electron chi connectivity index (χ3n) is 4.17. The van der Waals surface area contributed by atoms with Crippen molar-refractivity contribution in [2.45, 2.75) is 26.2 Å². The maximum absolute atomic E-state index is 12.3. The molecule has 2 rings (SSSR count). The van der Waals surface area contributed by atoms with E-state index < -0.39 is 11.9 Å². The SMILES string of the molecule is COc1ccccc1C[C@H](C)CC(=O)N1CC[C@H](C(=O)O)C1. The standard InChI is InChI=1S/C17H23NO4/c1-12(9-13-5-3-4-6-15(13)22-2)10-16(19)18-8-7-14(11-18)17(20)21/h3-6,12,14H,7-11H2,1-2H3,(H,20,21)/t12-,14-/m0/s1. The molecule has 22 heavy (non-hydrogen) atoms. The molecule has 1 saturated heterocycles. The first kappa shape index (κ1) is 16.3. The van der Waals surface area contributed by atoms with Crippen LogP contribution in [0.5, 0.6) is 5.75 Å². The molecule has 0 aromatic heterocycles. The van der Waals surface area contributed by atoms with Crippen molar-refractivity contribution in [2.24, 2.45) is 11.8 Å². The first-order chi connectivity index (χ1) is 10.5. The lowest BCUT2D eigenvalue weighted by molar-refractivity contribution is -0.141. The summed E-state index contributed by atoms with van der Waals surface area (Å²) in [6, 6.07) is 7.82. The number of hydrogen-bond acceptors (Lipinski definition) is 3. The second-order valence-electron chi connectivity index (χ2n) is 5.99. The maximum atomic E-state index is 12.3. The van der Waals surface area contributed by atoms with Crippen molar-refractivity contribution in [3.8, 4) is 5.75 Å². The third kappa shape index (κ3) is 4.00. The van der Waals surface area contributed by atoms with Crippen LogP contribution >= 0.6 is 0 Å². The van der Waals surface area contributed by atoms with Gasteiger partial charge in [0.2, 0.25) is 5.91 Å². The summed E-state index contributed by atoms with van der Waals surface area (Å²) in [6.07, 6.45) is 1.76. The fourth-order valence-corrected chi connectivity index (χ4v) is 2.93. The van der Waals surface area contributed by atoms with Crippen LogP contribution in [-0.2, 0) is 16.0 Å². The molecular formula is C17H23NO4. The van der Waals surface area contributed by atoms with E-state index in [0.717, 1.165) is 17.7 Å². The zero-order chi connectivity index (χ0) is 16.1. The highest BCUT2D eigenvalue weighted by Crippen LogP contribution is 2.24. The van der Waals surface area contributed by atoms with Crippen molar-refractivity contribution < 1.29 is 19.4 Å². The molecule has 1 amide bonds. The van der Waals surface area contributed by atoms with Gasteiger partial charge in [0.15, 0.2) is 0 Å². The minimum absolute atomic E-state index is 0.0474. The van der Waals surface area contributed by atoms with Crippen molar-refractivity contribution >= 4 is 11.9 Å². The Morgan fingerprint density at radius 1 is 1.41 bits per heavy atom. The van der Waals surface area contributed by atoms with Gasteiger partial charge in [0.25, 0.3) is 0 Å². The van der Waals surface area contributed by atoms with E-state index in [0.29, 0.717) is 25.9 Å². The summed E-state index contributed by atoms with van der Waals surface area (Å²) in [5.74, 6) is -0.140.